The Morgan fingerprint density at radius 2 is 1.85 bits per heavy atom. The third kappa shape index (κ3) is 3.32. The van der Waals surface area contributed by atoms with E-state index in [0.717, 1.165) is 22.7 Å². The number of pyridine rings is 1. The van der Waals surface area contributed by atoms with Crippen molar-refractivity contribution in [2.45, 2.75) is 6.54 Å². The summed E-state index contributed by atoms with van der Waals surface area (Å²) in [6, 6.07) is 9.44. The Morgan fingerprint density at radius 1 is 1.00 bits per heavy atom. The van der Waals surface area contributed by atoms with Crippen LogP contribution < -0.4 is 19.5 Å². The van der Waals surface area contributed by atoms with Crippen molar-refractivity contribution in [3.05, 3.63) is 42.1 Å². The van der Waals surface area contributed by atoms with Crippen molar-refractivity contribution < 1.29 is 14.2 Å². The molecule has 0 saturated heterocycles. The summed E-state index contributed by atoms with van der Waals surface area (Å²) in [5.74, 6) is 2.21. The zero-order valence-corrected chi connectivity index (χ0v) is 11.8. The minimum atomic E-state index is 0.592. The van der Waals surface area contributed by atoms with Crippen LogP contribution in [0.15, 0.2) is 36.5 Å². The van der Waals surface area contributed by atoms with Crippen LogP contribution in [0.4, 0.5) is 5.69 Å². The molecule has 0 aliphatic heterocycles. The fourth-order valence-electron chi connectivity index (χ4n) is 1.82. The second-order valence-corrected chi connectivity index (χ2v) is 4.12. The first kappa shape index (κ1) is 14.0. The summed E-state index contributed by atoms with van der Waals surface area (Å²) in [5, 5.41) is 3.28. The van der Waals surface area contributed by atoms with E-state index in [2.05, 4.69) is 10.3 Å². The van der Waals surface area contributed by atoms with E-state index in [1.165, 1.54) is 0 Å². The van der Waals surface area contributed by atoms with Gasteiger partial charge in [-0.1, -0.05) is 0 Å². The lowest BCUT2D eigenvalue weighted by Gasteiger charge is -2.12. The zero-order valence-electron chi connectivity index (χ0n) is 11.8. The summed E-state index contributed by atoms with van der Waals surface area (Å²) < 4.78 is 15.6. The van der Waals surface area contributed by atoms with E-state index >= 15 is 0 Å². The number of anilines is 1. The van der Waals surface area contributed by atoms with Crippen LogP contribution >= 0.6 is 0 Å². The summed E-state index contributed by atoms with van der Waals surface area (Å²) in [7, 11) is 4.89. The molecule has 1 aromatic heterocycles. The molecular weight excluding hydrogens is 256 g/mol. The first-order chi connectivity index (χ1) is 9.76. The van der Waals surface area contributed by atoms with E-state index in [0.29, 0.717) is 12.4 Å². The number of rotatable bonds is 6. The van der Waals surface area contributed by atoms with Crippen LogP contribution in [0.1, 0.15) is 5.56 Å². The molecule has 0 aliphatic rings. The summed E-state index contributed by atoms with van der Waals surface area (Å²) in [6.45, 7) is 0.619. The van der Waals surface area contributed by atoms with Gasteiger partial charge < -0.3 is 19.5 Å². The minimum absolute atomic E-state index is 0.592. The van der Waals surface area contributed by atoms with Crippen LogP contribution in [0.5, 0.6) is 17.4 Å². The molecule has 0 atom stereocenters. The van der Waals surface area contributed by atoms with Gasteiger partial charge in [0.1, 0.15) is 11.5 Å². The molecule has 1 N–H and O–H groups in total. The van der Waals surface area contributed by atoms with Gasteiger partial charge in [-0.2, -0.15) is 0 Å². The largest absolute Gasteiger partial charge is 0.497 e. The Bertz CT molecular complexity index is 556. The van der Waals surface area contributed by atoms with E-state index in [4.69, 9.17) is 14.2 Å². The number of hydrogen-bond donors (Lipinski definition) is 1. The Hall–Kier alpha value is -2.43. The van der Waals surface area contributed by atoms with Gasteiger partial charge in [0.25, 0.3) is 0 Å². The summed E-state index contributed by atoms with van der Waals surface area (Å²) in [6.07, 6.45) is 1.73. The minimum Gasteiger partial charge on any atom is -0.497 e. The molecule has 0 fully saturated rings. The van der Waals surface area contributed by atoms with Gasteiger partial charge in [-0.15, -0.1) is 0 Å². The SMILES string of the molecule is COc1ccc(OC)c(CNc2ccc(OC)nc2)c1. The molecule has 106 valence electrons. The van der Waals surface area contributed by atoms with Gasteiger partial charge in [0, 0.05) is 18.2 Å². The second-order valence-electron chi connectivity index (χ2n) is 4.12. The first-order valence-electron chi connectivity index (χ1n) is 6.21. The lowest BCUT2D eigenvalue weighted by atomic mass is 10.2. The number of aromatic nitrogens is 1. The van der Waals surface area contributed by atoms with Crippen LogP contribution in [-0.2, 0) is 6.54 Å². The Kier molecular flexibility index (Phi) is 4.65. The molecule has 5 heteroatoms. The number of benzene rings is 1. The standard InChI is InChI=1S/C15H18N2O3/c1-18-13-5-6-14(19-2)11(8-13)9-16-12-4-7-15(20-3)17-10-12/h4-8,10,16H,9H2,1-3H3. The van der Waals surface area contributed by atoms with Crippen molar-refractivity contribution in [1.82, 2.24) is 4.98 Å². The van der Waals surface area contributed by atoms with Crippen molar-refractivity contribution in [1.29, 1.82) is 0 Å². The van der Waals surface area contributed by atoms with Crippen LogP contribution in [0.3, 0.4) is 0 Å². The van der Waals surface area contributed by atoms with Crippen LogP contribution in [0.25, 0.3) is 0 Å². The first-order valence-corrected chi connectivity index (χ1v) is 6.21. The highest BCUT2D eigenvalue weighted by Crippen LogP contribution is 2.24. The molecule has 1 aromatic carbocycles. The molecular formula is C15H18N2O3. The number of methoxy groups -OCH3 is 3. The number of hydrogen-bond acceptors (Lipinski definition) is 5. The average molecular weight is 274 g/mol. The second kappa shape index (κ2) is 6.65. The molecule has 0 amide bonds. The van der Waals surface area contributed by atoms with Gasteiger partial charge in [-0.3, -0.25) is 0 Å². The molecule has 2 aromatic rings. The van der Waals surface area contributed by atoms with E-state index in [9.17, 15) is 0 Å². The Labute approximate surface area is 118 Å². The Balaban J connectivity index is 2.08. The maximum Gasteiger partial charge on any atom is 0.213 e. The monoisotopic (exact) mass is 274 g/mol. The number of nitrogens with one attached hydrogen (secondary N) is 1. The van der Waals surface area contributed by atoms with Crippen LogP contribution in [0.2, 0.25) is 0 Å². The van der Waals surface area contributed by atoms with Crippen molar-refractivity contribution in [3.8, 4) is 17.4 Å². The summed E-state index contributed by atoms with van der Waals surface area (Å²) in [4.78, 5) is 4.15. The van der Waals surface area contributed by atoms with Crippen molar-refractivity contribution in [2.75, 3.05) is 26.6 Å². The molecule has 0 bridgehead atoms. The molecule has 0 aliphatic carbocycles. The van der Waals surface area contributed by atoms with Gasteiger partial charge in [0.05, 0.1) is 33.2 Å². The maximum absolute atomic E-state index is 5.34. The van der Waals surface area contributed by atoms with Gasteiger partial charge >= 0.3 is 0 Å². The molecule has 0 spiro atoms. The van der Waals surface area contributed by atoms with Crippen molar-refractivity contribution in [3.63, 3.8) is 0 Å². The highest BCUT2D eigenvalue weighted by molar-refractivity contribution is 5.46. The molecule has 0 radical (unpaired) electrons. The topological polar surface area (TPSA) is 52.6 Å². The highest BCUT2D eigenvalue weighted by Gasteiger charge is 2.05. The number of nitrogens with zero attached hydrogens (tertiary/aromatic N) is 1. The van der Waals surface area contributed by atoms with E-state index < -0.39 is 0 Å². The Morgan fingerprint density at radius 3 is 2.45 bits per heavy atom. The summed E-state index contributed by atoms with van der Waals surface area (Å²) >= 11 is 0. The molecule has 2 rings (SSSR count). The maximum atomic E-state index is 5.34. The van der Waals surface area contributed by atoms with Gasteiger partial charge in [0.15, 0.2) is 0 Å². The van der Waals surface area contributed by atoms with E-state index in [1.807, 2.05) is 30.3 Å². The third-order valence-corrected chi connectivity index (χ3v) is 2.92. The number of ether oxygens (including phenoxy) is 3. The summed E-state index contributed by atoms with van der Waals surface area (Å²) in [5.41, 5.74) is 1.93. The third-order valence-electron chi connectivity index (χ3n) is 2.92. The smallest absolute Gasteiger partial charge is 0.213 e. The predicted octanol–water partition coefficient (Wildman–Crippen LogP) is 2.72. The fraction of sp³-hybridized carbons (Fsp3) is 0.267. The molecule has 1 heterocycles. The van der Waals surface area contributed by atoms with Crippen LogP contribution in [0, 0.1) is 0 Å². The molecule has 5 nitrogen and oxygen atoms in total. The lowest BCUT2D eigenvalue weighted by molar-refractivity contribution is 0.398. The van der Waals surface area contributed by atoms with Gasteiger partial charge in [-0.25, -0.2) is 4.98 Å². The zero-order chi connectivity index (χ0) is 14.4. The van der Waals surface area contributed by atoms with E-state index in [1.54, 1.807) is 27.5 Å². The lowest BCUT2D eigenvalue weighted by Crippen LogP contribution is -2.02. The molecule has 0 unspecified atom stereocenters. The van der Waals surface area contributed by atoms with Crippen molar-refractivity contribution in [2.24, 2.45) is 0 Å². The highest BCUT2D eigenvalue weighted by atomic mass is 16.5. The normalized spacial score (nSPS) is 9.95. The van der Waals surface area contributed by atoms with Crippen LogP contribution in [-0.4, -0.2) is 26.3 Å². The molecule has 20 heavy (non-hydrogen) atoms. The van der Waals surface area contributed by atoms with Gasteiger partial charge in [0.2, 0.25) is 5.88 Å². The molecule has 0 saturated carbocycles. The average Bonchev–Trinajstić information content (AvgIpc) is 2.53. The van der Waals surface area contributed by atoms with E-state index in [-0.39, 0.29) is 0 Å². The quantitative estimate of drug-likeness (QED) is 0.877. The van der Waals surface area contributed by atoms with Crippen molar-refractivity contribution >= 4 is 5.69 Å². The fourth-order valence-corrected chi connectivity index (χ4v) is 1.82. The predicted molar refractivity (Wildman–Crippen MR) is 77.7 cm³/mol. The van der Waals surface area contributed by atoms with Gasteiger partial charge in [-0.05, 0) is 24.3 Å².